The lowest BCUT2D eigenvalue weighted by Gasteiger charge is -2.20. The summed E-state index contributed by atoms with van der Waals surface area (Å²) in [4.78, 5) is 12.0. The van der Waals surface area contributed by atoms with Crippen LogP contribution in [0.15, 0.2) is 6.07 Å². The van der Waals surface area contributed by atoms with Gasteiger partial charge >= 0.3 is 0 Å². The van der Waals surface area contributed by atoms with Crippen LogP contribution in [0.25, 0.3) is 0 Å². The Kier molecular flexibility index (Phi) is 4.28. The van der Waals surface area contributed by atoms with Gasteiger partial charge in [0.25, 0.3) is 0 Å². The smallest absolute Gasteiger partial charge is 0.165 e. The predicted octanol–water partition coefficient (Wildman–Crippen LogP) is 5.21. The maximum absolute atomic E-state index is 12.0. The number of carbonyl (C=O) groups is 1. The Balaban J connectivity index is 1.99. The summed E-state index contributed by atoms with van der Waals surface area (Å²) in [5.74, 6) is 0.705. The average molecular weight is 277 g/mol. The van der Waals surface area contributed by atoms with Crippen molar-refractivity contribution in [3.8, 4) is 0 Å². The van der Waals surface area contributed by atoms with E-state index in [1.54, 1.807) is 6.07 Å². The van der Waals surface area contributed by atoms with E-state index in [2.05, 4.69) is 0 Å². The van der Waals surface area contributed by atoms with Gasteiger partial charge in [-0.1, -0.05) is 55.3 Å². The summed E-state index contributed by atoms with van der Waals surface area (Å²) in [6, 6.07) is 1.69. The van der Waals surface area contributed by atoms with Crippen LogP contribution in [0.5, 0.6) is 0 Å². The van der Waals surface area contributed by atoms with Gasteiger partial charge in [0.1, 0.15) is 4.34 Å². The second-order valence-electron chi connectivity index (χ2n) is 4.37. The molecule has 1 fully saturated rings. The molecule has 0 bridgehead atoms. The molecule has 1 nitrogen and oxygen atoms in total. The van der Waals surface area contributed by atoms with Crippen molar-refractivity contribution in [1.29, 1.82) is 0 Å². The first-order valence-corrected chi connectivity index (χ1v) is 7.22. The highest BCUT2D eigenvalue weighted by atomic mass is 35.5. The second kappa shape index (κ2) is 5.52. The van der Waals surface area contributed by atoms with Gasteiger partial charge in [0.2, 0.25) is 0 Å². The van der Waals surface area contributed by atoms with E-state index < -0.39 is 0 Å². The molecule has 0 amide bonds. The normalized spacial score (nSPS) is 17.6. The van der Waals surface area contributed by atoms with Gasteiger partial charge in [0.15, 0.2) is 5.78 Å². The van der Waals surface area contributed by atoms with Gasteiger partial charge in [-0.25, -0.2) is 0 Å². The van der Waals surface area contributed by atoms with Crippen molar-refractivity contribution in [1.82, 2.24) is 0 Å². The number of halogens is 2. The fourth-order valence-corrected chi connectivity index (χ4v) is 3.79. The minimum atomic E-state index is 0.153. The van der Waals surface area contributed by atoms with Crippen molar-refractivity contribution in [3.05, 3.63) is 20.3 Å². The van der Waals surface area contributed by atoms with Gasteiger partial charge in [-0.3, -0.25) is 4.79 Å². The zero-order valence-corrected chi connectivity index (χ0v) is 11.3. The highest BCUT2D eigenvalue weighted by Crippen LogP contribution is 2.34. The highest BCUT2D eigenvalue weighted by Gasteiger charge is 2.20. The van der Waals surface area contributed by atoms with Gasteiger partial charge in [0.05, 0.1) is 4.34 Å². The van der Waals surface area contributed by atoms with Crippen LogP contribution in [-0.2, 0) is 0 Å². The molecule has 0 aromatic carbocycles. The van der Waals surface area contributed by atoms with E-state index >= 15 is 0 Å². The van der Waals surface area contributed by atoms with Crippen molar-refractivity contribution in [2.24, 2.45) is 5.92 Å². The molecule has 0 unspecified atom stereocenters. The van der Waals surface area contributed by atoms with E-state index in [1.807, 2.05) is 0 Å². The lowest BCUT2D eigenvalue weighted by molar-refractivity contribution is 0.0951. The van der Waals surface area contributed by atoms with E-state index in [-0.39, 0.29) is 5.78 Å². The molecule has 0 N–H and O–H groups in total. The maximum Gasteiger partial charge on any atom is 0.165 e. The summed E-state index contributed by atoms with van der Waals surface area (Å²) < 4.78 is 1.13. The van der Waals surface area contributed by atoms with Crippen LogP contribution in [0.1, 0.15) is 48.9 Å². The van der Waals surface area contributed by atoms with E-state index in [1.165, 1.54) is 43.4 Å². The third-order valence-electron chi connectivity index (χ3n) is 3.16. The SMILES string of the molecule is O=C(CC1CCCCC1)c1cc(Cl)sc1Cl. The van der Waals surface area contributed by atoms with Gasteiger partial charge in [-0.15, -0.1) is 11.3 Å². The quantitative estimate of drug-likeness (QED) is 0.693. The first kappa shape index (κ1) is 12.4. The first-order chi connectivity index (χ1) is 7.66. The summed E-state index contributed by atoms with van der Waals surface area (Å²) in [5.41, 5.74) is 0.613. The predicted molar refractivity (Wildman–Crippen MR) is 69.9 cm³/mol. The molecule has 0 spiro atoms. The Morgan fingerprint density at radius 1 is 1.31 bits per heavy atom. The third kappa shape index (κ3) is 2.99. The maximum atomic E-state index is 12.0. The first-order valence-electron chi connectivity index (χ1n) is 5.65. The molecule has 16 heavy (non-hydrogen) atoms. The second-order valence-corrected chi connectivity index (χ2v) is 6.65. The lowest BCUT2D eigenvalue weighted by atomic mass is 9.85. The largest absolute Gasteiger partial charge is 0.294 e. The molecule has 88 valence electrons. The summed E-state index contributed by atoms with van der Waals surface area (Å²) in [5, 5.41) is 0. The number of hydrogen-bond donors (Lipinski definition) is 0. The van der Waals surface area contributed by atoms with Crippen molar-refractivity contribution in [2.45, 2.75) is 38.5 Å². The van der Waals surface area contributed by atoms with Crippen molar-refractivity contribution < 1.29 is 4.79 Å². The van der Waals surface area contributed by atoms with Crippen molar-refractivity contribution >= 4 is 40.3 Å². The van der Waals surface area contributed by atoms with Crippen LogP contribution in [0.3, 0.4) is 0 Å². The average Bonchev–Trinajstić information content (AvgIpc) is 2.59. The molecule has 1 aromatic rings. The van der Waals surface area contributed by atoms with E-state index in [0.29, 0.717) is 26.6 Å². The molecule has 1 heterocycles. The molecule has 0 atom stereocenters. The highest BCUT2D eigenvalue weighted by molar-refractivity contribution is 7.20. The van der Waals surface area contributed by atoms with Crippen LogP contribution >= 0.6 is 34.5 Å². The Morgan fingerprint density at radius 2 is 2.00 bits per heavy atom. The molecule has 0 saturated heterocycles. The number of Topliss-reactive ketones (excluding diaryl/α,β-unsaturated/α-hetero) is 1. The zero-order chi connectivity index (χ0) is 11.5. The minimum Gasteiger partial charge on any atom is -0.294 e. The van der Waals surface area contributed by atoms with Crippen LogP contribution in [0, 0.1) is 5.92 Å². The Morgan fingerprint density at radius 3 is 2.56 bits per heavy atom. The number of hydrogen-bond acceptors (Lipinski definition) is 2. The minimum absolute atomic E-state index is 0.153. The molecule has 0 radical (unpaired) electrons. The number of thiophene rings is 1. The fraction of sp³-hybridized carbons (Fsp3) is 0.583. The zero-order valence-electron chi connectivity index (χ0n) is 8.97. The molecule has 0 aliphatic heterocycles. The Labute approximate surface area is 110 Å². The fourth-order valence-electron chi connectivity index (χ4n) is 2.29. The molecule has 1 aromatic heterocycles. The van der Waals surface area contributed by atoms with Crippen LogP contribution < -0.4 is 0 Å². The molecule has 1 aliphatic carbocycles. The molecule has 2 rings (SSSR count). The van der Waals surface area contributed by atoms with Crippen LogP contribution in [0.2, 0.25) is 8.67 Å². The van der Waals surface area contributed by atoms with E-state index in [4.69, 9.17) is 23.2 Å². The van der Waals surface area contributed by atoms with Gasteiger partial charge < -0.3 is 0 Å². The monoisotopic (exact) mass is 276 g/mol. The molecule has 1 aliphatic rings. The third-order valence-corrected chi connectivity index (χ3v) is 4.64. The molecular weight excluding hydrogens is 263 g/mol. The Bertz CT molecular complexity index is 380. The lowest BCUT2D eigenvalue weighted by Crippen LogP contribution is -2.12. The summed E-state index contributed by atoms with van der Waals surface area (Å²) >= 11 is 13.1. The molecular formula is C12H14Cl2OS. The van der Waals surface area contributed by atoms with E-state index in [0.717, 1.165) is 0 Å². The summed E-state index contributed by atoms with van der Waals surface area (Å²) in [7, 11) is 0. The number of rotatable bonds is 3. The molecule has 4 heteroatoms. The van der Waals surface area contributed by atoms with Gasteiger partial charge in [-0.05, 0) is 12.0 Å². The van der Waals surface area contributed by atoms with Crippen LogP contribution in [0.4, 0.5) is 0 Å². The molecule has 1 saturated carbocycles. The summed E-state index contributed by atoms with van der Waals surface area (Å²) in [6.45, 7) is 0. The topological polar surface area (TPSA) is 17.1 Å². The summed E-state index contributed by atoms with van der Waals surface area (Å²) in [6.07, 6.45) is 6.83. The van der Waals surface area contributed by atoms with Crippen LogP contribution in [-0.4, -0.2) is 5.78 Å². The van der Waals surface area contributed by atoms with Gasteiger partial charge in [-0.2, -0.15) is 0 Å². The van der Waals surface area contributed by atoms with Crippen molar-refractivity contribution in [3.63, 3.8) is 0 Å². The standard InChI is InChI=1S/C12H14Cl2OS/c13-11-7-9(12(14)16-11)10(15)6-8-4-2-1-3-5-8/h7-8H,1-6H2. The van der Waals surface area contributed by atoms with Gasteiger partial charge in [0, 0.05) is 12.0 Å². The van der Waals surface area contributed by atoms with E-state index in [9.17, 15) is 4.79 Å². The number of ketones is 1. The Hall–Kier alpha value is -0.0500. The number of carbonyl (C=O) groups excluding carboxylic acids is 1. The van der Waals surface area contributed by atoms with Crippen molar-refractivity contribution in [2.75, 3.05) is 0 Å².